The average molecular weight is 456 g/mol. The molecule has 2 aliphatic heterocycles. The molecule has 0 atom stereocenters. The summed E-state index contributed by atoms with van der Waals surface area (Å²) in [6.45, 7) is 6.19. The number of β-amino-alcohol motifs (C(OH)–C–C–N with tert-alkyl or cyclic N) is 1. The number of hydrogen-bond donors (Lipinski definition) is 2. The Morgan fingerprint density at radius 1 is 1.22 bits per heavy atom. The van der Waals surface area contributed by atoms with E-state index < -0.39 is 53.3 Å². The zero-order valence-electron chi connectivity index (χ0n) is 18.3. The fourth-order valence-electron chi connectivity index (χ4n) is 3.37. The lowest BCUT2D eigenvalue weighted by atomic mass is 9.77. The van der Waals surface area contributed by atoms with Gasteiger partial charge in [0.1, 0.15) is 5.70 Å². The van der Waals surface area contributed by atoms with E-state index in [1.165, 1.54) is 0 Å². The van der Waals surface area contributed by atoms with E-state index in [2.05, 4.69) is 10.1 Å². The van der Waals surface area contributed by atoms with Gasteiger partial charge in [-0.1, -0.05) is 0 Å². The highest BCUT2D eigenvalue weighted by atomic mass is 19.2. The first-order chi connectivity index (χ1) is 14.8. The Hall–Kier alpha value is -2.57. The quantitative estimate of drug-likeness (QED) is 0.376. The molecule has 8 nitrogen and oxygen atoms in total. The summed E-state index contributed by atoms with van der Waals surface area (Å²) in [5, 5.41) is 11.6. The van der Waals surface area contributed by atoms with Crippen LogP contribution in [-0.4, -0.2) is 67.0 Å². The molecule has 2 N–H and O–H groups in total. The van der Waals surface area contributed by atoms with Crippen LogP contribution < -0.4 is 10.8 Å². The van der Waals surface area contributed by atoms with Crippen molar-refractivity contribution in [2.75, 3.05) is 32.1 Å². The summed E-state index contributed by atoms with van der Waals surface area (Å²) in [7, 11) is -0.195. The maximum absolute atomic E-state index is 14.9. The normalized spacial score (nSPS) is 19.7. The van der Waals surface area contributed by atoms with Crippen LogP contribution in [0.1, 0.15) is 27.7 Å². The van der Waals surface area contributed by atoms with Crippen molar-refractivity contribution in [1.82, 2.24) is 4.90 Å². The fraction of sp³-hybridized carbons (Fsp3) is 0.500. The Labute approximate surface area is 183 Å². The lowest BCUT2D eigenvalue weighted by Crippen LogP contribution is -2.41. The molecule has 1 aromatic carbocycles. The molecule has 1 aromatic rings. The zero-order chi connectivity index (χ0) is 24.0. The van der Waals surface area contributed by atoms with E-state index in [0.717, 1.165) is 12.0 Å². The number of carbonyl (C=O) groups is 2. The van der Waals surface area contributed by atoms with Gasteiger partial charge in [0.2, 0.25) is 0 Å². The smallest absolute Gasteiger partial charge is 0.466 e. The first kappa shape index (κ1) is 24.1. The van der Waals surface area contributed by atoms with Crippen LogP contribution in [-0.2, 0) is 23.6 Å². The lowest BCUT2D eigenvalue weighted by molar-refractivity contribution is -0.136. The SMILES string of the molecule is COC(=O)C1=C(Nc2c(B3OC(C)(C)C(C)(C)O3)cc(F)c(F)c2F)C(=O)N(CCO)C1. The van der Waals surface area contributed by atoms with E-state index in [1.807, 2.05) is 0 Å². The lowest BCUT2D eigenvalue weighted by Gasteiger charge is -2.32. The van der Waals surface area contributed by atoms with Crippen LogP contribution in [0.2, 0.25) is 0 Å². The number of rotatable bonds is 6. The number of nitrogens with zero attached hydrogens (tertiary/aromatic N) is 1. The Morgan fingerprint density at radius 3 is 2.34 bits per heavy atom. The molecule has 12 heteroatoms. The van der Waals surface area contributed by atoms with Crippen LogP contribution in [0.25, 0.3) is 0 Å². The summed E-state index contributed by atoms with van der Waals surface area (Å²) in [4.78, 5) is 26.1. The number of nitrogens with one attached hydrogen (secondary N) is 1. The summed E-state index contributed by atoms with van der Waals surface area (Å²) < 4.78 is 59.5. The molecular weight excluding hydrogens is 432 g/mol. The van der Waals surface area contributed by atoms with Gasteiger partial charge in [-0.3, -0.25) is 4.79 Å². The second kappa shape index (κ2) is 8.41. The van der Waals surface area contributed by atoms with Gasteiger partial charge in [-0.2, -0.15) is 0 Å². The first-order valence-electron chi connectivity index (χ1n) is 9.86. The monoisotopic (exact) mass is 456 g/mol. The molecule has 0 spiro atoms. The van der Waals surface area contributed by atoms with E-state index in [4.69, 9.17) is 14.4 Å². The molecule has 174 valence electrons. The summed E-state index contributed by atoms with van der Waals surface area (Å²) in [5.41, 5.74) is -3.12. The molecule has 0 aromatic heterocycles. The molecule has 0 saturated carbocycles. The zero-order valence-corrected chi connectivity index (χ0v) is 18.3. The van der Waals surface area contributed by atoms with Gasteiger partial charge in [-0.05, 0) is 33.8 Å². The molecule has 0 bridgehead atoms. The van der Waals surface area contributed by atoms with Gasteiger partial charge in [-0.15, -0.1) is 0 Å². The molecule has 3 rings (SSSR count). The predicted molar refractivity (Wildman–Crippen MR) is 108 cm³/mol. The summed E-state index contributed by atoms with van der Waals surface area (Å²) >= 11 is 0. The number of anilines is 1. The van der Waals surface area contributed by atoms with Crippen molar-refractivity contribution in [2.24, 2.45) is 0 Å². The third-order valence-corrected chi connectivity index (χ3v) is 5.90. The van der Waals surface area contributed by atoms with Gasteiger partial charge >= 0.3 is 13.1 Å². The number of ether oxygens (including phenoxy) is 1. The number of aliphatic hydroxyl groups excluding tert-OH is 1. The van der Waals surface area contributed by atoms with Gasteiger partial charge in [0.25, 0.3) is 5.91 Å². The van der Waals surface area contributed by atoms with Crippen LogP contribution in [0.5, 0.6) is 0 Å². The minimum atomic E-state index is -1.77. The maximum atomic E-state index is 14.9. The van der Waals surface area contributed by atoms with Gasteiger partial charge in [0.15, 0.2) is 17.5 Å². The Morgan fingerprint density at radius 2 is 1.81 bits per heavy atom. The van der Waals surface area contributed by atoms with E-state index >= 15 is 0 Å². The third kappa shape index (κ3) is 3.98. The molecule has 0 aliphatic carbocycles. The molecule has 1 fully saturated rings. The number of aliphatic hydroxyl groups is 1. The van der Waals surface area contributed by atoms with Crippen molar-refractivity contribution in [3.8, 4) is 0 Å². The largest absolute Gasteiger partial charge is 0.497 e. The van der Waals surface area contributed by atoms with Crippen LogP contribution in [0.15, 0.2) is 17.3 Å². The first-order valence-corrected chi connectivity index (χ1v) is 9.86. The van der Waals surface area contributed by atoms with Crippen molar-refractivity contribution in [1.29, 1.82) is 0 Å². The number of carbonyl (C=O) groups excluding carboxylic acids is 2. The molecule has 32 heavy (non-hydrogen) atoms. The number of esters is 1. The predicted octanol–water partition coefficient (Wildman–Crippen LogP) is 1.08. The van der Waals surface area contributed by atoms with Crippen LogP contribution in [0.3, 0.4) is 0 Å². The summed E-state index contributed by atoms with van der Waals surface area (Å²) in [6.07, 6.45) is 0. The summed E-state index contributed by atoms with van der Waals surface area (Å²) in [6, 6.07) is 0.714. The van der Waals surface area contributed by atoms with Gasteiger partial charge in [0, 0.05) is 12.0 Å². The minimum Gasteiger partial charge on any atom is -0.466 e. The second-order valence-electron chi connectivity index (χ2n) is 8.46. The number of hydrogen-bond acceptors (Lipinski definition) is 7. The van der Waals surface area contributed by atoms with Crippen molar-refractivity contribution in [2.45, 2.75) is 38.9 Å². The molecule has 2 heterocycles. The topological polar surface area (TPSA) is 97.3 Å². The minimum absolute atomic E-state index is 0.102. The third-order valence-electron chi connectivity index (χ3n) is 5.90. The van der Waals surface area contributed by atoms with E-state index in [1.54, 1.807) is 27.7 Å². The molecule has 1 amide bonds. The highest BCUT2D eigenvalue weighted by Gasteiger charge is 2.53. The molecule has 2 aliphatic rings. The summed E-state index contributed by atoms with van der Waals surface area (Å²) in [5.74, 6) is -6.48. The van der Waals surface area contributed by atoms with E-state index in [0.29, 0.717) is 6.07 Å². The highest BCUT2D eigenvalue weighted by molar-refractivity contribution is 6.64. The second-order valence-corrected chi connectivity index (χ2v) is 8.46. The van der Waals surface area contributed by atoms with Crippen LogP contribution in [0.4, 0.5) is 18.9 Å². The molecular formula is C20H24BF3N2O6. The number of methoxy groups -OCH3 is 1. The van der Waals surface area contributed by atoms with Crippen molar-refractivity contribution >= 4 is 30.1 Å². The van der Waals surface area contributed by atoms with Crippen molar-refractivity contribution < 1.29 is 41.9 Å². The fourth-order valence-corrected chi connectivity index (χ4v) is 3.37. The van der Waals surface area contributed by atoms with Crippen molar-refractivity contribution in [3.63, 3.8) is 0 Å². The molecule has 0 unspecified atom stereocenters. The number of amides is 1. The molecule has 1 saturated heterocycles. The van der Waals surface area contributed by atoms with Gasteiger partial charge in [-0.25, -0.2) is 18.0 Å². The van der Waals surface area contributed by atoms with E-state index in [9.17, 15) is 22.8 Å². The Bertz CT molecular complexity index is 982. The van der Waals surface area contributed by atoms with Gasteiger partial charge < -0.3 is 29.4 Å². The number of halogens is 3. The Balaban J connectivity index is 2.11. The maximum Gasteiger partial charge on any atom is 0.497 e. The standard InChI is InChI=1S/C20H24BF3N2O6/c1-19(2)20(3,4)32-21(31-19)11-8-12(22)13(23)14(24)16(11)25-15-10(18(29)30-5)9-26(6-7-27)17(15)28/h8,25,27H,6-7,9H2,1-5H3. The van der Waals surface area contributed by atoms with Crippen molar-refractivity contribution in [3.05, 3.63) is 34.8 Å². The van der Waals surface area contributed by atoms with E-state index in [-0.39, 0.29) is 36.4 Å². The van der Waals surface area contributed by atoms with Gasteiger partial charge in [0.05, 0.1) is 42.7 Å². The average Bonchev–Trinajstić information content (AvgIpc) is 3.13. The molecule has 0 radical (unpaired) electrons. The Kier molecular flexibility index (Phi) is 6.33. The highest BCUT2D eigenvalue weighted by Crippen LogP contribution is 2.38. The number of benzene rings is 1. The van der Waals surface area contributed by atoms with Crippen LogP contribution >= 0.6 is 0 Å². The van der Waals surface area contributed by atoms with Crippen LogP contribution in [0, 0.1) is 17.5 Å².